The van der Waals surface area contributed by atoms with E-state index in [1.165, 1.54) is 0 Å². The zero-order valence-electron chi connectivity index (χ0n) is 13.9. The molecule has 3 heterocycles. The first-order valence-electron chi connectivity index (χ1n) is 8.42. The van der Waals surface area contributed by atoms with Gasteiger partial charge in [-0.1, -0.05) is 11.6 Å². The van der Waals surface area contributed by atoms with E-state index in [4.69, 9.17) is 16.3 Å². The molecule has 2 bridgehead atoms. The number of rotatable bonds is 3. The van der Waals surface area contributed by atoms with Crippen LogP contribution < -0.4 is 4.74 Å². The predicted molar refractivity (Wildman–Crippen MR) is 99.2 cm³/mol. The highest BCUT2D eigenvalue weighted by Crippen LogP contribution is 2.42. The molecule has 0 aliphatic carbocycles. The second-order valence-electron chi connectivity index (χ2n) is 6.71. The number of amides is 1. The van der Waals surface area contributed by atoms with Crippen LogP contribution in [0.1, 0.15) is 42.1 Å². The second-order valence-corrected chi connectivity index (χ2v) is 8.06. The minimum Gasteiger partial charge on any atom is -0.496 e. The number of piperidine rings is 1. The summed E-state index contributed by atoms with van der Waals surface area (Å²) in [5, 5.41) is 4.98. The standard InChI is InChI=1S/C18H19BrClN3O2/c1-25-17-5-2-12(20)6-16(17)18(24)23-13-3-4-14(23)8-15(7-13)22-10-11(19)9-21-22/h2,5-6,9-10,13-15H,3-4,7-8H2,1H3. The van der Waals surface area contributed by atoms with Gasteiger partial charge in [0.05, 0.1) is 29.4 Å². The van der Waals surface area contributed by atoms with Crippen molar-refractivity contribution in [2.24, 2.45) is 0 Å². The maximum absolute atomic E-state index is 13.2. The van der Waals surface area contributed by atoms with Crippen molar-refractivity contribution in [2.75, 3.05) is 7.11 Å². The fourth-order valence-corrected chi connectivity index (χ4v) is 4.67. The number of ether oxygens (including phenoxy) is 1. The Morgan fingerprint density at radius 1 is 1.28 bits per heavy atom. The highest BCUT2D eigenvalue weighted by molar-refractivity contribution is 9.10. The molecule has 25 heavy (non-hydrogen) atoms. The van der Waals surface area contributed by atoms with Gasteiger partial charge in [-0.15, -0.1) is 0 Å². The van der Waals surface area contributed by atoms with Crippen LogP contribution in [0.3, 0.4) is 0 Å². The van der Waals surface area contributed by atoms with Crippen LogP contribution in [-0.2, 0) is 0 Å². The first-order chi connectivity index (χ1) is 12.1. The first-order valence-corrected chi connectivity index (χ1v) is 9.59. The predicted octanol–water partition coefficient (Wildman–Crippen LogP) is 4.32. The summed E-state index contributed by atoms with van der Waals surface area (Å²) >= 11 is 9.57. The molecule has 2 unspecified atom stereocenters. The van der Waals surface area contributed by atoms with Crippen molar-refractivity contribution in [1.82, 2.24) is 14.7 Å². The minimum absolute atomic E-state index is 0.0203. The zero-order chi connectivity index (χ0) is 17.6. The van der Waals surface area contributed by atoms with E-state index in [9.17, 15) is 4.79 Å². The number of hydrogen-bond donors (Lipinski definition) is 0. The lowest BCUT2D eigenvalue weighted by Gasteiger charge is -2.39. The van der Waals surface area contributed by atoms with E-state index in [1.54, 1.807) is 25.3 Å². The summed E-state index contributed by atoms with van der Waals surface area (Å²) in [7, 11) is 1.58. The highest BCUT2D eigenvalue weighted by atomic mass is 79.9. The average molecular weight is 425 g/mol. The lowest BCUT2D eigenvalue weighted by atomic mass is 9.96. The monoisotopic (exact) mass is 423 g/mol. The van der Waals surface area contributed by atoms with E-state index in [1.807, 2.05) is 22.0 Å². The summed E-state index contributed by atoms with van der Waals surface area (Å²) in [6.45, 7) is 0. The molecule has 7 heteroatoms. The Labute approximate surface area is 160 Å². The van der Waals surface area contributed by atoms with Gasteiger partial charge in [-0.3, -0.25) is 9.48 Å². The van der Waals surface area contributed by atoms with Gasteiger partial charge in [0.2, 0.25) is 0 Å². The van der Waals surface area contributed by atoms with Crippen LogP contribution in [0.5, 0.6) is 5.75 Å². The molecule has 2 atom stereocenters. The Bertz CT molecular complexity index is 795. The van der Waals surface area contributed by atoms with Crippen molar-refractivity contribution < 1.29 is 9.53 Å². The Balaban J connectivity index is 1.59. The third kappa shape index (κ3) is 3.06. The highest BCUT2D eigenvalue weighted by Gasteiger charge is 2.44. The Hall–Kier alpha value is -1.53. The number of methoxy groups -OCH3 is 1. The Morgan fingerprint density at radius 2 is 2.00 bits per heavy atom. The van der Waals surface area contributed by atoms with E-state index in [2.05, 4.69) is 21.0 Å². The minimum atomic E-state index is 0.0203. The largest absolute Gasteiger partial charge is 0.496 e. The molecule has 2 saturated heterocycles. The van der Waals surface area contributed by atoms with Crippen LogP contribution in [0.4, 0.5) is 0 Å². The topological polar surface area (TPSA) is 47.4 Å². The fourth-order valence-electron chi connectivity index (χ4n) is 4.20. The molecule has 0 saturated carbocycles. The van der Waals surface area contributed by atoms with Crippen molar-refractivity contribution in [3.63, 3.8) is 0 Å². The molecular formula is C18H19BrClN3O2. The number of benzene rings is 1. The van der Waals surface area contributed by atoms with Crippen LogP contribution in [0, 0.1) is 0 Å². The normalized spacial score (nSPS) is 25.2. The van der Waals surface area contributed by atoms with E-state index in [-0.39, 0.29) is 18.0 Å². The van der Waals surface area contributed by atoms with Gasteiger partial charge < -0.3 is 9.64 Å². The summed E-state index contributed by atoms with van der Waals surface area (Å²) in [5.74, 6) is 0.596. The summed E-state index contributed by atoms with van der Waals surface area (Å²) < 4.78 is 8.38. The molecule has 2 aromatic rings. The number of halogens is 2. The molecule has 4 rings (SSSR count). The number of aromatic nitrogens is 2. The Kier molecular flexibility index (Phi) is 4.50. The number of carbonyl (C=O) groups is 1. The molecule has 2 fully saturated rings. The lowest BCUT2D eigenvalue weighted by Crippen LogP contribution is -2.47. The van der Waals surface area contributed by atoms with Crippen molar-refractivity contribution in [3.8, 4) is 5.75 Å². The summed E-state index contributed by atoms with van der Waals surface area (Å²) in [6, 6.07) is 6.03. The van der Waals surface area contributed by atoms with Crippen LogP contribution >= 0.6 is 27.5 Å². The zero-order valence-corrected chi connectivity index (χ0v) is 16.2. The van der Waals surface area contributed by atoms with Gasteiger partial charge in [-0.2, -0.15) is 5.10 Å². The molecule has 1 amide bonds. The number of nitrogens with zero attached hydrogens (tertiary/aromatic N) is 3. The molecule has 0 N–H and O–H groups in total. The van der Waals surface area contributed by atoms with Gasteiger partial charge in [-0.25, -0.2) is 0 Å². The number of carbonyl (C=O) groups excluding carboxylic acids is 1. The van der Waals surface area contributed by atoms with E-state index in [0.29, 0.717) is 22.4 Å². The summed E-state index contributed by atoms with van der Waals surface area (Å²) in [5.41, 5.74) is 0.548. The van der Waals surface area contributed by atoms with Crippen LogP contribution in [-0.4, -0.2) is 39.8 Å². The van der Waals surface area contributed by atoms with Crippen LogP contribution in [0.25, 0.3) is 0 Å². The molecule has 1 aromatic heterocycles. The molecule has 132 valence electrons. The van der Waals surface area contributed by atoms with Gasteiger partial charge >= 0.3 is 0 Å². The molecular weight excluding hydrogens is 406 g/mol. The smallest absolute Gasteiger partial charge is 0.258 e. The first kappa shape index (κ1) is 16.9. The van der Waals surface area contributed by atoms with Crippen molar-refractivity contribution in [2.45, 2.75) is 43.8 Å². The molecule has 2 aliphatic heterocycles. The van der Waals surface area contributed by atoms with Gasteiger partial charge in [0, 0.05) is 23.3 Å². The van der Waals surface area contributed by atoms with Gasteiger partial charge in [0.25, 0.3) is 5.91 Å². The second kappa shape index (κ2) is 6.65. The van der Waals surface area contributed by atoms with E-state index >= 15 is 0 Å². The third-order valence-electron chi connectivity index (χ3n) is 5.28. The number of fused-ring (bicyclic) bond motifs is 2. The van der Waals surface area contributed by atoms with E-state index in [0.717, 1.165) is 30.2 Å². The molecule has 0 spiro atoms. The SMILES string of the molecule is COc1ccc(Cl)cc1C(=O)N1C2CCC1CC(n1cc(Br)cn1)C2. The Morgan fingerprint density at radius 3 is 2.60 bits per heavy atom. The molecule has 5 nitrogen and oxygen atoms in total. The van der Waals surface area contributed by atoms with Gasteiger partial charge in [0.1, 0.15) is 5.75 Å². The number of hydrogen-bond acceptors (Lipinski definition) is 3. The molecule has 2 aliphatic rings. The molecule has 1 aromatic carbocycles. The van der Waals surface area contributed by atoms with E-state index < -0.39 is 0 Å². The average Bonchev–Trinajstić information content (AvgIpc) is 3.15. The third-order valence-corrected chi connectivity index (χ3v) is 5.92. The maximum Gasteiger partial charge on any atom is 0.258 e. The van der Waals surface area contributed by atoms with Gasteiger partial charge in [-0.05, 0) is 59.8 Å². The fraction of sp³-hybridized carbons (Fsp3) is 0.444. The lowest BCUT2D eigenvalue weighted by molar-refractivity contribution is 0.0521. The quantitative estimate of drug-likeness (QED) is 0.737. The van der Waals surface area contributed by atoms with Crippen molar-refractivity contribution in [1.29, 1.82) is 0 Å². The maximum atomic E-state index is 13.2. The summed E-state index contributed by atoms with van der Waals surface area (Å²) in [4.78, 5) is 15.2. The van der Waals surface area contributed by atoms with Crippen LogP contribution in [0.2, 0.25) is 5.02 Å². The van der Waals surface area contributed by atoms with Crippen molar-refractivity contribution in [3.05, 3.63) is 45.7 Å². The summed E-state index contributed by atoms with van der Waals surface area (Å²) in [6.07, 6.45) is 7.77. The van der Waals surface area contributed by atoms with Crippen LogP contribution in [0.15, 0.2) is 35.1 Å². The van der Waals surface area contributed by atoms with Gasteiger partial charge in [0.15, 0.2) is 0 Å². The molecule has 0 radical (unpaired) electrons. The van der Waals surface area contributed by atoms with Crippen molar-refractivity contribution >= 4 is 33.4 Å².